The first kappa shape index (κ1) is 39.5. The van der Waals surface area contributed by atoms with Crippen LogP contribution in [-0.2, 0) is 27.9 Å². The Kier molecular flexibility index (Phi) is 25.8. The molecule has 0 fully saturated rings. The topological polar surface area (TPSA) is 94.1 Å². The number of likely N-dealkylation sites (N-methyl/N-ethyl adjacent to an activating group) is 1. The van der Waals surface area contributed by atoms with Crippen LogP contribution in [0.25, 0.3) is 0 Å². The van der Waals surface area contributed by atoms with E-state index in [1.54, 1.807) is 0 Å². The molecule has 0 rings (SSSR count). The van der Waals surface area contributed by atoms with E-state index >= 15 is 0 Å². The first-order valence-corrected chi connectivity index (χ1v) is 17.7. The molecule has 2 atom stereocenters. The van der Waals surface area contributed by atoms with Crippen molar-refractivity contribution in [1.29, 1.82) is 0 Å². The van der Waals surface area contributed by atoms with Gasteiger partial charge in [0.2, 0.25) is 0 Å². The number of nitrogens with zero attached hydrogens (tertiary/aromatic N) is 1. The van der Waals surface area contributed by atoms with E-state index in [1.807, 2.05) is 21.1 Å². The van der Waals surface area contributed by atoms with Crippen LogP contribution < -0.4 is 4.89 Å². The van der Waals surface area contributed by atoms with E-state index in [1.165, 1.54) is 77.0 Å². The van der Waals surface area contributed by atoms with Gasteiger partial charge in [-0.2, -0.15) is 0 Å². The summed E-state index contributed by atoms with van der Waals surface area (Å²) in [6, 6.07) is 0. The molecule has 0 aromatic heterocycles. The Morgan fingerprint density at radius 3 is 1.65 bits per heavy atom. The number of phosphoric ester groups is 1. The van der Waals surface area contributed by atoms with Gasteiger partial charge in [-0.15, -0.1) is 0 Å². The fraction of sp³-hybridized carbons (Fsp3) is 0.968. The third-order valence-corrected chi connectivity index (χ3v) is 7.87. The molecule has 0 amide bonds. The van der Waals surface area contributed by atoms with Crippen LogP contribution in [-0.4, -0.2) is 70.7 Å². The lowest BCUT2D eigenvalue weighted by Gasteiger charge is -2.28. The van der Waals surface area contributed by atoms with Crippen LogP contribution >= 0.6 is 7.82 Å². The van der Waals surface area contributed by atoms with Gasteiger partial charge in [-0.05, 0) is 12.8 Å². The maximum Gasteiger partial charge on any atom is 0.306 e. The third kappa shape index (κ3) is 29.0. The molecule has 0 aliphatic heterocycles. The third-order valence-electron chi connectivity index (χ3n) is 6.91. The number of carbonyl (C=O) groups is 1. The molecule has 0 aromatic carbocycles. The Balaban J connectivity index is 4.14. The summed E-state index contributed by atoms with van der Waals surface area (Å²) in [4.78, 5) is 24.5. The van der Waals surface area contributed by atoms with Crippen molar-refractivity contribution in [2.75, 3.05) is 54.1 Å². The summed E-state index contributed by atoms with van der Waals surface area (Å²) in [5.41, 5.74) is 0. The number of unbranched alkanes of at least 4 members (excludes halogenated alkanes) is 16. The van der Waals surface area contributed by atoms with Crippen molar-refractivity contribution in [2.45, 2.75) is 142 Å². The van der Waals surface area contributed by atoms with E-state index in [9.17, 15) is 14.3 Å². The molecule has 0 aliphatic carbocycles. The average Bonchev–Trinajstić information content (AvgIpc) is 2.88. The van der Waals surface area contributed by atoms with Gasteiger partial charge in [0.1, 0.15) is 19.3 Å². The molecule has 0 heterocycles. The fourth-order valence-electron chi connectivity index (χ4n) is 4.31. The van der Waals surface area contributed by atoms with Gasteiger partial charge in [-0.1, -0.05) is 117 Å². The molecule has 0 saturated heterocycles. The molecular weight excluding hydrogens is 529 g/mol. The molecule has 0 aliphatic rings. The molecule has 0 spiro atoms. The predicted molar refractivity (Wildman–Crippen MR) is 162 cm³/mol. The number of hydrogen-bond donors (Lipinski definition) is 0. The minimum atomic E-state index is -4.49. The van der Waals surface area contributed by atoms with Gasteiger partial charge in [-0.3, -0.25) is 9.36 Å². The molecule has 40 heavy (non-hydrogen) atoms. The monoisotopic (exact) mass is 593 g/mol. The van der Waals surface area contributed by atoms with Crippen LogP contribution in [0.5, 0.6) is 0 Å². The van der Waals surface area contributed by atoms with Crippen molar-refractivity contribution in [3.63, 3.8) is 0 Å². The highest BCUT2D eigenvalue weighted by Gasteiger charge is 2.20. The number of ether oxygens (including phenoxy) is 2. The van der Waals surface area contributed by atoms with Gasteiger partial charge in [0.15, 0.2) is 0 Å². The minimum Gasteiger partial charge on any atom is -0.756 e. The first-order valence-electron chi connectivity index (χ1n) is 16.3. The summed E-state index contributed by atoms with van der Waals surface area (Å²) in [6.07, 6.45) is 21.6. The van der Waals surface area contributed by atoms with E-state index < -0.39 is 13.9 Å². The molecule has 0 bridgehead atoms. The summed E-state index contributed by atoms with van der Waals surface area (Å²) in [5, 5.41) is 0. The standard InChI is InChI=1S/C31H64NO7P/c1-6-8-10-12-13-14-15-16-17-18-19-20-21-23-26-36-28-30(39-31(33)24-22-11-9-7-2)29-38-40(34,35)37-27-25-32(3,4)5/h30H,6-29H2,1-5H3. The van der Waals surface area contributed by atoms with Crippen LogP contribution in [0.3, 0.4) is 0 Å². The molecule has 0 saturated carbocycles. The molecule has 0 aromatic rings. The Hall–Kier alpha value is -0.500. The number of hydrogen-bond acceptors (Lipinski definition) is 7. The van der Waals surface area contributed by atoms with Gasteiger partial charge in [0.05, 0.1) is 34.4 Å². The summed E-state index contributed by atoms with van der Waals surface area (Å²) in [5.74, 6) is -0.350. The summed E-state index contributed by atoms with van der Waals surface area (Å²) in [6.45, 7) is 5.29. The van der Waals surface area contributed by atoms with E-state index in [-0.39, 0.29) is 25.8 Å². The molecule has 0 N–H and O–H groups in total. The quantitative estimate of drug-likeness (QED) is 0.0367. The molecule has 8 nitrogen and oxygen atoms in total. The van der Waals surface area contributed by atoms with Gasteiger partial charge >= 0.3 is 5.97 Å². The Morgan fingerprint density at radius 2 is 1.15 bits per heavy atom. The Morgan fingerprint density at radius 1 is 0.675 bits per heavy atom. The number of esters is 1. The number of phosphoric acid groups is 1. The smallest absolute Gasteiger partial charge is 0.306 e. The SMILES string of the molecule is CCCCCCCCCCCCCCCCOCC(COP(=O)([O-])OCC[N+](C)(C)C)OC(=O)CCCCCC. The van der Waals surface area contributed by atoms with Crippen molar-refractivity contribution in [1.82, 2.24) is 0 Å². The predicted octanol–water partition coefficient (Wildman–Crippen LogP) is 7.57. The zero-order valence-electron chi connectivity index (χ0n) is 26.8. The number of rotatable bonds is 30. The van der Waals surface area contributed by atoms with Crippen molar-refractivity contribution >= 4 is 13.8 Å². The highest BCUT2D eigenvalue weighted by molar-refractivity contribution is 7.45. The largest absolute Gasteiger partial charge is 0.756 e. The van der Waals surface area contributed by atoms with Crippen LogP contribution in [0.4, 0.5) is 0 Å². The second-order valence-electron chi connectivity index (χ2n) is 12.2. The Bertz CT molecular complexity index is 627. The second kappa shape index (κ2) is 26.2. The van der Waals surface area contributed by atoms with E-state index in [2.05, 4.69) is 13.8 Å². The summed E-state index contributed by atoms with van der Waals surface area (Å²) >= 11 is 0. The van der Waals surface area contributed by atoms with Crippen LogP contribution in [0.2, 0.25) is 0 Å². The molecule has 2 unspecified atom stereocenters. The highest BCUT2D eigenvalue weighted by Crippen LogP contribution is 2.38. The lowest BCUT2D eigenvalue weighted by molar-refractivity contribution is -0.870. The fourth-order valence-corrected chi connectivity index (χ4v) is 5.04. The highest BCUT2D eigenvalue weighted by atomic mass is 31.2. The van der Waals surface area contributed by atoms with Crippen molar-refractivity contribution < 1.29 is 37.3 Å². The second-order valence-corrected chi connectivity index (χ2v) is 13.6. The molecule has 9 heteroatoms. The van der Waals surface area contributed by atoms with Gasteiger partial charge in [0, 0.05) is 13.0 Å². The summed E-state index contributed by atoms with van der Waals surface area (Å²) in [7, 11) is 1.36. The van der Waals surface area contributed by atoms with Gasteiger partial charge in [-0.25, -0.2) is 0 Å². The lowest BCUT2D eigenvalue weighted by Crippen LogP contribution is -2.37. The molecule has 0 radical (unpaired) electrons. The maximum absolute atomic E-state index is 12.3. The normalized spacial score (nSPS) is 14.2. The lowest BCUT2D eigenvalue weighted by atomic mass is 10.0. The van der Waals surface area contributed by atoms with Crippen LogP contribution in [0, 0.1) is 0 Å². The zero-order chi connectivity index (χ0) is 30.0. The number of carbonyl (C=O) groups excluding carboxylic acids is 1. The van der Waals surface area contributed by atoms with Crippen molar-refractivity contribution in [3.05, 3.63) is 0 Å². The van der Waals surface area contributed by atoms with Crippen LogP contribution in [0.15, 0.2) is 0 Å². The van der Waals surface area contributed by atoms with Crippen molar-refractivity contribution in [3.8, 4) is 0 Å². The molecular formula is C31H64NO7P. The van der Waals surface area contributed by atoms with E-state index in [0.717, 1.165) is 38.5 Å². The van der Waals surface area contributed by atoms with Gasteiger partial charge in [0.25, 0.3) is 7.82 Å². The Labute approximate surface area is 247 Å². The van der Waals surface area contributed by atoms with E-state index in [4.69, 9.17) is 18.5 Å². The van der Waals surface area contributed by atoms with E-state index in [0.29, 0.717) is 24.1 Å². The first-order chi connectivity index (χ1) is 19.1. The molecule has 240 valence electrons. The van der Waals surface area contributed by atoms with Crippen molar-refractivity contribution in [2.24, 2.45) is 0 Å². The average molecular weight is 594 g/mol. The maximum atomic E-state index is 12.3. The summed E-state index contributed by atoms with van der Waals surface area (Å²) < 4.78 is 34.0. The number of quaternary nitrogens is 1. The van der Waals surface area contributed by atoms with Crippen LogP contribution in [0.1, 0.15) is 136 Å². The zero-order valence-corrected chi connectivity index (χ0v) is 27.7. The van der Waals surface area contributed by atoms with Gasteiger partial charge < -0.3 is 27.9 Å². The minimum absolute atomic E-state index is 0.0295.